The number of aryl methyl sites for hydroxylation is 1. The Bertz CT molecular complexity index is 1320. The lowest BCUT2D eigenvalue weighted by molar-refractivity contribution is -0.124. The van der Waals surface area contributed by atoms with E-state index < -0.39 is 11.3 Å². The third-order valence-electron chi connectivity index (χ3n) is 6.13. The smallest absolute Gasteiger partial charge is 0.263 e. The first-order valence-electron chi connectivity index (χ1n) is 11.8. The Morgan fingerprint density at radius 2 is 1.71 bits per heavy atom. The van der Waals surface area contributed by atoms with Crippen LogP contribution in [0.15, 0.2) is 88.8 Å². The van der Waals surface area contributed by atoms with Crippen LogP contribution in [0.1, 0.15) is 43.0 Å². The number of hydrogen-bond acceptors (Lipinski definition) is 5. The summed E-state index contributed by atoms with van der Waals surface area (Å²) in [6.45, 7) is 4.06. The fourth-order valence-corrected chi connectivity index (χ4v) is 5.20. The molecule has 0 spiro atoms. The highest BCUT2D eigenvalue weighted by Gasteiger charge is 2.43. The first-order valence-corrected chi connectivity index (χ1v) is 12.7. The van der Waals surface area contributed by atoms with Gasteiger partial charge in [-0.2, -0.15) is 0 Å². The first kappa shape index (κ1) is 23.1. The van der Waals surface area contributed by atoms with Crippen LogP contribution < -0.4 is 5.32 Å². The third kappa shape index (κ3) is 4.51. The minimum Gasteiger partial charge on any atom is -0.325 e. The zero-order valence-electron chi connectivity index (χ0n) is 19.6. The minimum atomic E-state index is -0.630. The van der Waals surface area contributed by atoms with Gasteiger partial charge in [0.15, 0.2) is 11.2 Å². The van der Waals surface area contributed by atoms with E-state index in [-0.39, 0.29) is 11.8 Å². The van der Waals surface area contributed by atoms with E-state index in [0.29, 0.717) is 17.4 Å². The van der Waals surface area contributed by atoms with Crippen LogP contribution in [0.4, 0.5) is 11.4 Å². The van der Waals surface area contributed by atoms with E-state index in [4.69, 9.17) is 9.98 Å². The maximum atomic E-state index is 13.6. The van der Waals surface area contributed by atoms with Crippen molar-refractivity contribution in [2.24, 2.45) is 9.98 Å². The molecule has 6 nitrogen and oxygen atoms in total. The highest BCUT2D eigenvalue weighted by molar-refractivity contribution is 8.15. The number of aliphatic imine (C=N–C) groups is 2. The fraction of sp³-hybridized carbons (Fsp3) is 0.214. The largest absolute Gasteiger partial charge is 0.325 e. The summed E-state index contributed by atoms with van der Waals surface area (Å²) in [5.74, 6) is 0.313. The van der Waals surface area contributed by atoms with Gasteiger partial charge in [0, 0.05) is 11.3 Å². The monoisotopic (exact) mass is 482 g/mol. The van der Waals surface area contributed by atoms with Crippen molar-refractivity contribution in [3.63, 3.8) is 0 Å². The van der Waals surface area contributed by atoms with E-state index in [1.807, 2.05) is 85.8 Å². The molecule has 1 N–H and O–H groups in total. The van der Waals surface area contributed by atoms with Gasteiger partial charge < -0.3 is 5.32 Å². The molecule has 35 heavy (non-hydrogen) atoms. The number of amides is 2. The van der Waals surface area contributed by atoms with Crippen molar-refractivity contribution in [1.82, 2.24) is 4.90 Å². The van der Waals surface area contributed by atoms with E-state index >= 15 is 0 Å². The number of amidine groups is 2. The molecule has 5 rings (SSSR count). The molecule has 2 aliphatic rings. The van der Waals surface area contributed by atoms with Gasteiger partial charge in [0.25, 0.3) is 5.91 Å². The molecule has 0 radical (unpaired) electrons. The number of benzene rings is 3. The average Bonchev–Trinajstić information content (AvgIpc) is 3.25. The molecule has 0 saturated heterocycles. The summed E-state index contributed by atoms with van der Waals surface area (Å²) in [4.78, 5) is 37.9. The Balaban J connectivity index is 1.43. The van der Waals surface area contributed by atoms with Gasteiger partial charge in [0.1, 0.15) is 5.84 Å². The topological polar surface area (TPSA) is 74.1 Å². The van der Waals surface area contributed by atoms with Crippen molar-refractivity contribution < 1.29 is 9.59 Å². The normalized spacial score (nSPS) is 17.3. The van der Waals surface area contributed by atoms with Crippen LogP contribution in [0.5, 0.6) is 0 Å². The summed E-state index contributed by atoms with van der Waals surface area (Å²) in [6.07, 6.45) is 1.53. The summed E-state index contributed by atoms with van der Waals surface area (Å²) in [7, 11) is 0. The van der Waals surface area contributed by atoms with Crippen LogP contribution in [-0.2, 0) is 16.0 Å². The predicted molar refractivity (Wildman–Crippen MR) is 142 cm³/mol. The number of nitrogens with zero attached hydrogens (tertiary/aromatic N) is 3. The van der Waals surface area contributed by atoms with E-state index in [1.165, 1.54) is 17.3 Å². The van der Waals surface area contributed by atoms with Crippen molar-refractivity contribution in [2.45, 2.75) is 38.0 Å². The van der Waals surface area contributed by atoms with Gasteiger partial charge in [-0.3, -0.25) is 9.59 Å². The predicted octanol–water partition coefficient (Wildman–Crippen LogP) is 5.73. The lowest BCUT2D eigenvalue weighted by atomic mass is 10.1. The molecule has 2 aliphatic heterocycles. The van der Waals surface area contributed by atoms with Gasteiger partial charge in [-0.1, -0.05) is 80.2 Å². The van der Waals surface area contributed by atoms with Crippen LogP contribution in [0.3, 0.4) is 0 Å². The van der Waals surface area contributed by atoms with E-state index in [9.17, 15) is 9.59 Å². The maximum Gasteiger partial charge on any atom is 0.263 e. The number of nitrogens with one attached hydrogen (secondary N) is 1. The molecule has 0 bridgehead atoms. The highest BCUT2D eigenvalue weighted by atomic mass is 32.2. The average molecular weight is 483 g/mol. The first-order chi connectivity index (χ1) is 17.1. The molecule has 0 fully saturated rings. The molecule has 3 aromatic carbocycles. The van der Waals surface area contributed by atoms with Crippen LogP contribution in [-0.4, -0.2) is 33.0 Å². The van der Waals surface area contributed by atoms with Crippen molar-refractivity contribution >= 4 is 46.0 Å². The second-order valence-corrected chi connectivity index (χ2v) is 9.58. The van der Waals surface area contributed by atoms with Crippen LogP contribution >= 0.6 is 11.8 Å². The van der Waals surface area contributed by atoms with E-state index in [2.05, 4.69) is 12.2 Å². The zero-order valence-corrected chi connectivity index (χ0v) is 20.5. The molecule has 2 heterocycles. The highest BCUT2D eigenvalue weighted by Crippen LogP contribution is 2.38. The number of thioether (sulfide) groups is 1. The number of hydrogen-bond donors (Lipinski definition) is 1. The van der Waals surface area contributed by atoms with Gasteiger partial charge in [-0.25, -0.2) is 14.9 Å². The molecule has 0 saturated carbocycles. The Morgan fingerprint density at radius 1 is 1.00 bits per heavy atom. The van der Waals surface area contributed by atoms with Crippen molar-refractivity contribution in [3.05, 3.63) is 95.6 Å². The van der Waals surface area contributed by atoms with Gasteiger partial charge >= 0.3 is 0 Å². The van der Waals surface area contributed by atoms with Crippen molar-refractivity contribution in [1.29, 1.82) is 0 Å². The van der Waals surface area contributed by atoms with E-state index in [0.717, 1.165) is 28.9 Å². The van der Waals surface area contributed by atoms with Gasteiger partial charge in [0.2, 0.25) is 5.91 Å². The summed E-state index contributed by atoms with van der Waals surface area (Å²) in [6, 6.07) is 24.5. The summed E-state index contributed by atoms with van der Waals surface area (Å²) in [5.41, 5.74) is 4.37. The Hall–Kier alpha value is -3.71. The number of fused-ring (bicyclic) bond motifs is 3. The summed E-state index contributed by atoms with van der Waals surface area (Å²) < 4.78 is 0. The van der Waals surface area contributed by atoms with Gasteiger partial charge in [0.05, 0.1) is 10.9 Å². The molecular formula is C28H26N4O2S. The lowest BCUT2D eigenvalue weighted by Crippen LogP contribution is -2.41. The second kappa shape index (κ2) is 9.88. The number of anilines is 1. The quantitative estimate of drug-likeness (QED) is 0.488. The van der Waals surface area contributed by atoms with Gasteiger partial charge in [-0.05, 0) is 48.2 Å². The molecule has 2 atom stereocenters. The Kier molecular flexibility index (Phi) is 6.51. The molecule has 0 aliphatic carbocycles. The Labute approximate surface area is 209 Å². The zero-order chi connectivity index (χ0) is 24.4. The number of rotatable bonds is 6. The van der Waals surface area contributed by atoms with Gasteiger partial charge in [-0.15, -0.1) is 0 Å². The third-order valence-corrected chi connectivity index (χ3v) is 7.44. The van der Waals surface area contributed by atoms with Crippen LogP contribution in [0, 0.1) is 0 Å². The number of para-hydroxylation sites is 1. The van der Waals surface area contributed by atoms with Crippen LogP contribution in [0.25, 0.3) is 0 Å². The minimum absolute atomic E-state index is 0.118. The summed E-state index contributed by atoms with van der Waals surface area (Å²) in [5, 5.41) is 3.07. The molecule has 0 unspecified atom stereocenters. The Morgan fingerprint density at radius 3 is 2.43 bits per heavy atom. The van der Waals surface area contributed by atoms with Crippen molar-refractivity contribution in [3.8, 4) is 0 Å². The number of carbonyl (C=O) groups excluding carboxylic acids is 2. The van der Waals surface area contributed by atoms with Crippen LogP contribution in [0.2, 0.25) is 0 Å². The molecule has 2 amide bonds. The second-order valence-electron chi connectivity index (χ2n) is 8.41. The molecule has 3 aromatic rings. The molecule has 176 valence electrons. The molecular weight excluding hydrogens is 456 g/mol. The van der Waals surface area contributed by atoms with E-state index in [1.54, 1.807) is 4.90 Å². The van der Waals surface area contributed by atoms with Crippen molar-refractivity contribution in [2.75, 3.05) is 5.32 Å². The maximum absolute atomic E-state index is 13.6. The fourth-order valence-electron chi connectivity index (χ4n) is 4.18. The number of carbonyl (C=O) groups is 2. The molecule has 0 aromatic heterocycles. The molecule has 7 heteroatoms. The standard InChI is InChI=1S/C28H26N4O2S/c1-3-18-14-16-20(17-15-18)29-26(33)23(4-2)35-28-30-22-13-9-8-12-21(22)25-31-24(27(34)32(25)28)19-10-6-5-7-11-19/h5-17,23-24H,3-4H2,1-2H3,(H,29,33)/t23-,24-/m1/s1. The lowest BCUT2D eigenvalue weighted by Gasteiger charge is -2.27. The SMILES string of the molecule is CCc1ccc(NC(=O)[C@@H](CC)SC2=Nc3ccccc3C3=N[C@H](c4ccccc4)C(=O)N23)cc1. The summed E-state index contributed by atoms with van der Waals surface area (Å²) >= 11 is 1.30.